The Balaban J connectivity index is 1.87. The van der Waals surface area contributed by atoms with Gasteiger partial charge in [-0.3, -0.25) is 9.59 Å². The van der Waals surface area contributed by atoms with Crippen molar-refractivity contribution in [2.24, 2.45) is 0 Å². The van der Waals surface area contributed by atoms with E-state index >= 15 is 0 Å². The number of nitrogens with one attached hydrogen (secondary N) is 3. The largest absolute Gasteiger partial charge is 0.495 e. The standard InChI is InChI=1S/C20H23N3O3/c1-4-5-13-10-12(2)23-20(25)16(13)11-22-19(24)15-6-7-17(26-3)18-14(15)8-9-21-18/h6-10,21H,4-5,11H2,1-3H3,(H,22,24)(H,23,25). The van der Waals surface area contributed by atoms with E-state index in [9.17, 15) is 9.59 Å². The molecule has 3 rings (SSSR count). The molecule has 1 amide bonds. The van der Waals surface area contributed by atoms with E-state index in [1.165, 1.54) is 0 Å². The third-order valence-corrected chi connectivity index (χ3v) is 4.46. The molecule has 2 heterocycles. The van der Waals surface area contributed by atoms with Crippen molar-refractivity contribution in [2.75, 3.05) is 7.11 Å². The Morgan fingerprint density at radius 2 is 2.08 bits per heavy atom. The summed E-state index contributed by atoms with van der Waals surface area (Å²) in [5.41, 5.74) is 3.61. The van der Waals surface area contributed by atoms with Gasteiger partial charge in [0.05, 0.1) is 12.6 Å². The second-order valence-corrected chi connectivity index (χ2v) is 6.30. The summed E-state index contributed by atoms with van der Waals surface area (Å²) in [5, 5.41) is 3.67. The number of ether oxygens (including phenoxy) is 1. The second-order valence-electron chi connectivity index (χ2n) is 6.30. The summed E-state index contributed by atoms with van der Waals surface area (Å²) >= 11 is 0. The lowest BCUT2D eigenvalue weighted by Crippen LogP contribution is -2.28. The number of hydrogen-bond acceptors (Lipinski definition) is 3. The lowest BCUT2D eigenvalue weighted by atomic mass is 10.0. The molecule has 0 aliphatic heterocycles. The lowest BCUT2D eigenvalue weighted by molar-refractivity contribution is 0.0952. The summed E-state index contributed by atoms with van der Waals surface area (Å²) in [4.78, 5) is 30.9. The van der Waals surface area contributed by atoms with Gasteiger partial charge in [-0.1, -0.05) is 13.3 Å². The first-order valence-corrected chi connectivity index (χ1v) is 8.69. The van der Waals surface area contributed by atoms with E-state index in [0.29, 0.717) is 16.9 Å². The number of benzene rings is 1. The van der Waals surface area contributed by atoms with Crippen molar-refractivity contribution in [3.63, 3.8) is 0 Å². The minimum atomic E-state index is -0.223. The van der Waals surface area contributed by atoms with E-state index in [1.54, 1.807) is 25.4 Å². The Labute approximate surface area is 151 Å². The number of methoxy groups -OCH3 is 1. The van der Waals surface area contributed by atoms with Gasteiger partial charge in [0.15, 0.2) is 0 Å². The average molecular weight is 353 g/mol. The molecule has 3 N–H and O–H groups in total. The fourth-order valence-electron chi connectivity index (χ4n) is 3.23. The smallest absolute Gasteiger partial charge is 0.253 e. The number of H-pyrrole nitrogens is 2. The number of carbonyl (C=O) groups excluding carboxylic acids is 1. The van der Waals surface area contributed by atoms with E-state index < -0.39 is 0 Å². The monoisotopic (exact) mass is 353 g/mol. The van der Waals surface area contributed by atoms with Crippen LogP contribution < -0.4 is 15.6 Å². The van der Waals surface area contributed by atoms with Crippen molar-refractivity contribution < 1.29 is 9.53 Å². The number of aromatic nitrogens is 2. The van der Waals surface area contributed by atoms with E-state index in [1.807, 2.05) is 19.1 Å². The molecular formula is C20H23N3O3. The van der Waals surface area contributed by atoms with E-state index in [0.717, 1.165) is 35.0 Å². The summed E-state index contributed by atoms with van der Waals surface area (Å²) in [6.07, 6.45) is 3.51. The predicted molar refractivity (Wildman–Crippen MR) is 102 cm³/mol. The highest BCUT2D eigenvalue weighted by atomic mass is 16.5. The van der Waals surface area contributed by atoms with E-state index in [4.69, 9.17) is 4.74 Å². The Morgan fingerprint density at radius 1 is 1.27 bits per heavy atom. The van der Waals surface area contributed by atoms with Crippen LogP contribution in [0.3, 0.4) is 0 Å². The van der Waals surface area contributed by atoms with Crippen LogP contribution in [-0.4, -0.2) is 23.0 Å². The first kappa shape index (κ1) is 17.8. The Bertz CT molecular complexity index is 1000. The molecule has 0 aliphatic rings. The third kappa shape index (κ3) is 3.35. The van der Waals surface area contributed by atoms with E-state index in [-0.39, 0.29) is 18.0 Å². The van der Waals surface area contributed by atoms with Gasteiger partial charge < -0.3 is 20.0 Å². The molecule has 0 unspecified atom stereocenters. The molecule has 136 valence electrons. The molecule has 0 atom stereocenters. The molecule has 0 radical (unpaired) electrons. The van der Waals surface area contributed by atoms with Crippen molar-refractivity contribution in [1.82, 2.24) is 15.3 Å². The molecule has 6 heteroatoms. The van der Waals surface area contributed by atoms with Gasteiger partial charge in [0.2, 0.25) is 0 Å². The van der Waals surface area contributed by atoms with Gasteiger partial charge >= 0.3 is 0 Å². The summed E-state index contributed by atoms with van der Waals surface area (Å²) in [5.74, 6) is 0.460. The van der Waals surface area contributed by atoms with Crippen molar-refractivity contribution in [2.45, 2.75) is 33.2 Å². The van der Waals surface area contributed by atoms with Gasteiger partial charge in [-0.05, 0) is 43.2 Å². The lowest BCUT2D eigenvalue weighted by Gasteiger charge is -2.11. The SMILES string of the molecule is CCCc1cc(C)[nH]c(=O)c1CNC(=O)c1ccc(OC)c2[nH]ccc12. The number of pyridine rings is 1. The van der Waals surface area contributed by atoms with Crippen LogP contribution in [0.25, 0.3) is 10.9 Å². The van der Waals surface area contributed by atoms with Crippen LogP contribution in [0.15, 0.2) is 35.3 Å². The number of carbonyl (C=O) groups is 1. The van der Waals surface area contributed by atoms with Crippen LogP contribution in [0.1, 0.15) is 40.5 Å². The summed E-state index contributed by atoms with van der Waals surface area (Å²) < 4.78 is 5.31. The normalized spacial score (nSPS) is 10.9. The number of aromatic amines is 2. The Hall–Kier alpha value is -3.02. The predicted octanol–water partition coefficient (Wildman–Crippen LogP) is 3.06. The van der Waals surface area contributed by atoms with Crippen molar-refractivity contribution in [1.29, 1.82) is 0 Å². The topological polar surface area (TPSA) is 87.0 Å². The number of hydrogen-bond donors (Lipinski definition) is 3. The number of aryl methyl sites for hydroxylation is 2. The van der Waals surface area contributed by atoms with Crippen LogP contribution in [0, 0.1) is 6.92 Å². The fraction of sp³-hybridized carbons (Fsp3) is 0.300. The maximum atomic E-state index is 12.7. The highest BCUT2D eigenvalue weighted by Crippen LogP contribution is 2.27. The fourth-order valence-corrected chi connectivity index (χ4v) is 3.23. The first-order valence-electron chi connectivity index (χ1n) is 8.69. The molecular weight excluding hydrogens is 330 g/mol. The van der Waals surface area contributed by atoms with Crippen molar-refractivity contribution >= 4 is 16.8 Å². The molecule has 2 aromatic heterocycles. The quantitative estimate of drug-likeness (QED) is 0.636. The number of amides is 1. The van der Waals surface area contributed by atoms with Gasteiger partial charge in [-0.25, -0.2) is 0 Å². The van der Waals surface area contributed by atoms with Gasteiger partial charge in [0.1, 0.15) is 5.75 Å². The Morgan fingerprint density at radius 3 is 2.81 bits per heavy atom. The minimum absolute atomic E-state index is 0.143. The van der Waals surface area contributed by atoms with Crippen LogP contribution in [-0.2, 0) is 13.0 Å². The van der Waals surface area contributed by atoms with Gasteiger partial charge in [0, 0.05) is 34.9 Å². The molecule has 0 aliphatic carbocycles. The highest BCUT2D eigenvalue weighted by molar-refractivity contribution is 6.07. The number of fused-ring (bicyclic) bond motifs is 1. The molecule has 0 saturated carbocycles. The van der Waals surface area contributed by atoms with Crippen LogP contribution >= 0.6 is 0 Å². The zero-order valence-corrected chi connectivity index (χ0v) is 15.2. The summed E-state index contributed by atoms with van der Waals surface area (Å²) in [7, 11) is 1.59. The molecule has 0 bridgehead atoms. The molecule has 0 spiro atoms. The van der Waals surface area contributed by atoms with E-state index in [2.05, 4.69) is 22.2 Å². The van der Waals surface area contributed by atoms with Crippen molar-refractivity contribution in [3.8, 4) is 5.75 Å². The first-order chi connectivity index (χ1) is 12.5. The highest BCUT2D eigenvalue weighted by Gasteiger charge is 2.15. The zero-order chi connectivity index (χ0) is 18.7. The minimum Gasteiger partial charge on any atom is -0.495 e. The maximum absolute atomic E-state index is 12.7. The molecule has 0 fully saturated rings. The average Bonchev–Trinajstić information content (AvgIpc) is 3.09. The van der Waals surface area contributed by atoms with Gasteiger partial charge in [-0.15, -0.1) is 0 Å². The molecule has 1 aromatic carbocycles. The number of rotatable bonds is 6. The summed E-state index contributed by atoms with van der Waals surface area (Å²) in [6.45, 7) is 4.13. The molecule has 3 aromatic rings. The van der Waals surface area contributed by atoms with Gasteiger partial charge in [0.25, 0.3) is 11.5 Å². The van der Waals surface area contributed by atoms with Crippen molar-refractivity contribution in [3.05, 3.63) is 63.2 Å². The molecule has 0 saturated heterocycles. The van der Waals surface area contributed by atoms with Crippen LogP contribution in [0.4, 0.5) is 0 Å². The zero-order valence-electron chi connectivity index (χ0n) is 15.2. The molecule has 26 heavy (non-hydrogen) atoms. The molecule has 6 nitrogen and oxygen atoms in total. The van der Waals surface area contributed by atoms with Crippen LogP contribution in [0.2, 0.25) is 0 Å². The van der Waals surface area contributed by atoms with Crippen LogP contribution in [0.5, 0.6) is 5.75 Å². The Kier molecular flexibility index (Phi) is 5.11. The second kappa shape index (κ2) is 7.47. The summed E-state index contributed by atoms with van der Waals surface area (Å²) in [6, 6.07) is 7.31. The third-order valence-electron chi connectivity index (χ3n) is 4.46. The maximum Gasteiger partial charge on any atom is 0.253 e. The van der Waals surface area contributed by atoms with Gasteiger partial charge in [-0.2, -0.15) is 0 Å².